The molecule has 0 saturated heterocycles. The zero-order valence-electron chi connectivity index (χ0n) is 12.0. The highest BCUT2D eigenvalue weighted by Gasteiger charge is 2.28. The first-order valence-electron chi connectivity index (χ1n) is 6.34. The number of aromatic hydroxyl groups is 1. The molecule has 0 spiro atoms. The molecule has 0 bridgehead atoms. The van der Waals surface area contributed by atoms with Crippen LogP contribution in [-0.4, -0.2) is 29.1 Å². The Balaban J connectivity index is 2.94. The van der Waals surface area contributed by atoms with E-state index in [2.05, 4.69) is 0 Å². The van der Waals surface area contributed by atoms with Gasteiger partial charge in [0.15, 0.2) is 6.10 Å². The van der Waals surface area contributed by atoms with Gasteiger partial charge in [0.25, 0.3) is 5.91 Å². The van der Waals surface area contributed by atoms with Gasteiger partial charge in [-0.2, -0.15) is 0 Å². The molecule has 3 amide bonds. The van der Waals surface area contributed by atoms with Gasteiger partial charge >= 0.3 is 12.0 Å². The summed E-state index contributed by atoms with van der Waals surface area (Å²) < 4.78 is 5.08. The van der Waals surface area contributed by atoms with Gasteiger partial charge in [-0.25, -0.2) is 9.59 Å². The summed E-state index contributed by atoms with van der Waals surface area (Å²) in [4.78, 5) is 34.5. The maximum absolute atomic E-state index is 12.0. The highest BCUT2D eigenvalue weighted by Crippen LogP contribution is 2.23. The van der Waals surface area contributed by atoms with E-state index in [9.17, 15) is 19.5 Å². The van der Waals surface area contributed by atoms with Crippen molar-refractivity contribution in [2.24, 2.45) is 11.7 Å². The molecule has 21 heavy (non-hydrogen) atoms. The number of phenolic OH excluding ortho intramolecular Hbond substituents is 1. The number of para-hydroxylation sites is 1. The van der Waals surface area contributed by atoms with Crippen LogP contribution in [0.5, 0.6) is 5.75 Å². The Kier molecular flexibility index (Phi) is 5.29. The molecular formula is C14H18N2O5. The number of hydrogen-bond donors (Lipinski definition) is 3. The molecule has 1 rings (SSSR count). The number of nitrogens with one attached hydrogen (secondary N) is 1. The number of benzene rings is 1. The van der Waals surface area contributed by atoms with Crippen molar-refractivity contribution in [2.75, 3.05) is 0 Å². The second-order valence-electron chi connectivity index (χ2n) is 4.89. The number of aryl methyl sites for hydroxylation is 1. The third kappa shape index (κ3) is 4.20. The van der Waals surface area contributed by atoms with Crippen LogP contribution in [-0.2, 0) is 9.53 Å². The summed E-state index contributed by atoms with van der Waals surface area (Å²) >= 11 is 0. The number of rotatable bonds is 4. The Hall–Kier alpha value is -2.57. The van der Waals surface area contributed by atoms with Crippen molar-refractivity contribution in [1.29, 1.82) is 0 Å². The van der Waals surface area contributed by atoms with E-state index in [1.165, 1.54) is 6.07 Å². The molecule has 0 aliphatic heterocycles. The van der Waals surface area contributed by atoms with Crippen LogP contribution in [0.1, 0.15) is 29.8 Å². The number of ether oxygens (including phenoxy) is 1. The predicted octanol–water partition coefficient (Wildman–Crippen LogP) is 1.08. The van der Waals surface area contributed by atoms with E-state index in [0.717, 1.165) is 0 Å². The Bertz CT molecular complexity index is 568. The molecule has 0 saturated carbocycles. The third-order valence-electron chi connectivity index (χ3n) is 2.80. The third-order valence-corrected chi connectivity index (χ3v) is 2.80. The Morgan fingerprint density at radius 3 is 2.43 bits per heavy atom. The van der Waals surface area contributed by atoms with Gasteiger partial charge in [0, 0.05) is 0 Å². The van der Waals surface area contributed by atoms with Crippen molar-refractivity contribution in [2.45, 2.75) is 26.9 Å². The molecule has 0 aliphatic rings. The van der Waals surface area contributed by atoms with Gasteiger partial charge in [0.2, 0.25) is 0 Å². The average Bonchev–Trinajstić information content (AvgIpc) is 2.37. The van der Waals surface area contributed by atoms with Crippen LogP contribution in [0.25, 0.3) is 0 Å². The molecule has 0 fully saturated rings. The number of imide groups is 1. The van der Waals surface area contributed by atoms with Crippen molar-refractivity contribution in [3.63, 3.8) is 0 Å². The normalized spacial score (nSPS) is 11.8. The van der Waals surface area contributed by atoms with E-state index in [4.69, 9.17) is 10.5 Å². The minimum absolute atomic E-state index is 0.0486. The first-order valence-corrected chi connectivity index (χ1v) is 6.34. The van der Waals surface area contributed by atoms with Crippen LogP contribution in [0.2, 0.25) is 0 Å². The number of carbonyl (C=O) groups excluding carboxylic acids is 3. The topological polar surface area (TPSA) is 119 Å². The molecule has 7 heteroatoms. The zero-order valence-corrected chi connectivity index (χ0v) is 12.0. The molecule has 0 heterocycles. The van der Waals surface area contributed by atoms with Gasteiger partial charge < -0.3 is 15.6 Å². The molecule has 4 N–H and O–H groups in total. The molecule has 1 atom stereocenters. The van der Waals surface area contributed by atoms with E-state index < -0.39 is 24.0 Å². The van der Waals surface area contributed by atoms with Crippen molar-refractivity contribution >= 4 is 17.9 Å². The lowest BCUT2D eigenvalue weighted by Gasteiger charge is -2.20. The fourth-order valence-corrected chi connectivity index (χ4v) is 1.69. The smallest absolute Gasteiger partial charge is 0.342 e. The summed E-state index contributed by atoms with van der Waals surface area (Å²) in [5.74, 6) is -2.24. The predicted molar refractivity (Wildman–Crippen MR) is 74.6 cm³/mol. The number of carbonyl (C=O) groups is 3. The number of hydrogen-bond acceptors (Lipinski definition) is 5. The van der Waals surface area contributed by atoms with Gasteiger partial charge in [0.05, 0.1) is 0 Å². The maximum Gasteiger partial charge on any atom is 0.342 e. The summed E-state index contributed by atoms with van der Waals surface area (Å²) in [7, 11) is 0. The standard InChI is InChI=1S/C14H18N2O5/c1-7(2)11(12(18)16-14(15)20)21-13(19)9-6-4-5-8(3)10(9)17/h4-7,11,17H,1-3H3,(H3,15,16,18,20)/t11-/m1/s1. The molecule has 0 aromatic heterocycles. The summed E-state index contributed by atoms with van der Waals surface area (Å²) in [5.41, 5.74) is 5.32. The van der Waals surface area contributed by atoms with Crippen molar-refractivity contribution in [1.82, 2.24) is 5.32 Å². The number of esters is 1. The van der Waals surface area contributed by atoms with Crippen molar-refractivity contribution in [3.8, 4) is 5.75 Å². The van der Waals surface area contributed by atoms with Crippen LogP contribution in [0.15, 0.2) is 18.2 Å². The summed E-state index contributed by atoms with van der Waals surface area (Å²) in [6, 6.07) is 3.57. The Morgan fingerprint density at radius 2 is 1.90 bits per heavy atom. The molecule has 7 nitrogen and oxygen atoms in total. The lowest BCUT2D eigenvalue weighted by molar-refractivity contribution is -0.130. The van der Waals surface area contributed by atoms with Gasteiger partial charge in [-0.15, -0.1) is 0 Å². The second kappa shape index (κ2) is 6.74. The van der Waals surface area contributed by atoms with Crippen LogP contribution in [0, 0.1) is 12.8 Å². The minimum Gasteiger partial charge on any atom is -0.507 e. The molecule has 0 aliphatic carbocycles. The van der Waals surface area contributed by atoms with E-state index in [1.54, 1.807) is 32.9 Å². The van der Waals surface area contributed by atoms with Gasteiger partial charge in [0.1, 0.15) is 11.3 Å². The molecule has 114 valence electrons. The summed E-state index contributed by atoms with van der Waals surface area (Å²) in [5, 5.41) is 11.7. The SMILES string of the molecule is Cc1cccc(C(=O)O[C@@H](C(=O)NC(N)=O)C(C)C)c1O. The van der Waals surface area contributed by atoms with E-state index >= 15 is 0 Å². The summed E-state index contributed by atoms with van der Waals surface area (Å²) in [6.07, 6.45) is -1.19. The number of phenols is 1. The van der Waals surface area contributed by atoms with E-state index in [1.807, 2.05) is 5.32 Å². The fraction of sp³-hybridized carbons (Fsp3) is 0.357. The maximum atomic E-state index is 12.0. The quantitative estimate of drug-likeness (QED) is 0.718. The van der Waals surface area contributed by atoms with Crippen LogP contribution in [0.3, 0.4) is 0 Å². The molecule has 0 unspecified atom stereocenters. The Labute approximate surface area is 122 Å². The van der Waals surface area contributed by atoms with Gasteiger partial charge in [-0.1, -0.05) is 26.0 Å². The number of primary amides is 1. The first-order chi connectivity index (χ1) is 9.73. The second-order valence-corrected chi connectivity index (χ2v) is 4.89. The highest BCUT2D eigenvalue weighted by atomic mass is 16.5. The van der Waals surface area contributed by atoms with Crippen molar-refractivity contribution in [3.05, 3.63) is 29.3 Å². The zero-order chi connectivity index (χ0) is 16.2. The van der Waals surface area contributed by atoms with Gasteiger partial charge in [-0.05, 0) is 24.5 Å². The van der Waals surface area contributed by atoms with Crippen LogP contribution >= 0.6 is 0 Å². The first kappa shape index (κ1) is 16.5. The molecule has 0 radical (unpaired) electrons. The summed E-state index contributed by atoms with van der Waals surface area (Å²) in [6.45, 7) is 4.93. The van der Waals surface area contributed by atoms with Crippen molar-refractivity contribution < 1.29 is 24.2 Å². The molecule has 1 aromatic rings. The van der Waals surface area contributed by atoms with E-state index in [-0.39, 0.29) is 17.2 Å². The Morgan fingerprint density at radius 1 is 1.29 bits per heavy atom. The van der Waals surface area contributed by atoms with E-state index in [0.29, 0.717) is 5.56 Å². The number of nitrogens with two attached hydrogens (primary N) is 1. The van der Waals surface area contributed by atoms with Crippen LogP contribution < -0.4 is 11.1 Å². The van der Waals surface area contributed by atoms with Gasteiger partial charge in [-0.3, -0.25) is 10.1 Å². The molecular weight excluding hydrogens is 276 g/mol. The lowest BCUT2D eigenvalue weighted by atomic mass is 10.1. The molecule has 1 aromatic carbocycles. The monoisotopic (exact) mass is 294 g/mol. The lowest BCUT2D eigenvalue weighted by Crippen LogP contribution is -2.45. The largest absolute Gasteiger partial charge is 0.507 e. The minimum atomic E-state index is -1.19. The average molecular weight is 294 g/mol. The van der Waals surface area contributed by atoms with Crippen LogP contribution in [0.4, 0.5) is 4.79 Å². The fourth-order valence-electron chi connectivity index (χ4n) is 1.69. The number of urea groups is 1. The highest BCUT2D eigenvalue weighted by molar-refractivity contribution is 5.99. The number of amides is 3.